The Balaban J connectivity index is 2.54. The molecular formula is C11H11O4S-. The van der Waals surface area contributed by atoms with Gasteiger partial charge in [-0.1, -0.05) is 18.2 Å². The second-order valence-electron chi connectivity index (χ2n) is 3.93. The van der Waals surface area contributed by atoms with Crippen LogP contribution in [0, 0.1) is 0 Å². The van der Waals surface area contributed by atoms with Crippen molar-refractivity contribution in [2.45, 2.75) is 24.0 Å². The molecular weight excluding hydrogens is 228 g/mol. The van der Waals surface area contributed by atoms with Crippen LogP contribution in [0.2, 0.25) is 0 Å². The molecule has 0 aliphatic heterocycles. The zero-order valence-corrected chi connectivity index (χ0v) is 9.33. The summed E-state index contributed by atoms with van der Waals surface area (Å²) in [5.41, 5.74) is 0.508. The molecule has 1 N–H and O–H groups in total. The van der Waals surface area contributed by atoms with Crippen molar-refractivity contribution < 1.29 is 18.7 Å². The second kappa shape index (κ2) is 3.99. The van der Waals surface area contributed by atoms with Crippen LogP contribution in [0.4, 0.5) is 0 Å². The maximum Gasteiger partial charge on any atom is 0.336 e. The predicted molar refractivity (Wildman–Crippen MR) is 57.9 cm³/mol. The molecule has 16 heavy (non-hydrogen) atoms. The molecule has 0 saturated heterocycles. The third-order valence-corrected chi connectivity index (χ3v) is 4.39. The molecule has 0 spiro atoms. The van der Waals surface area contributed by atoms with Crippen LogP contribution < -0.4 is 0 Å². The molecule has 0 aromatic heterocycles. The Kier molecular flexibility index (Phi) is 2.82. The molecule has 1 saturated carbocycles. The van der Waals surface area contributed by atoms with E-state index in [4.69, 9.17) is 5.11 Å². The largest absolute Gasteiger partial charge is 0.772 e. The predicted octanol–water partition coefficient (Wildman–Crippen LogP) is 1.64. The minimum Gasteiger partial charge on any atom is -0.772 e. The average Bonchev–Trinajstić information content (AvgIpc) is 2.15. The first-order chi connectivity index (χ1) is 7.58. The monoisotopic (exact) mass is 239 g/mol. The summed E-state index contributed by atoms with van der Waals surface area (Å²) in [5.74, 6) is -1.08. The minimum atomic E-state index is -2.27. The van der Waals surface area contributed by atoms with E-state index in [-0.39, 0.29) is 5.56 Å². The van der Waals surface area contributed by atoms with E-state index in [1.807, 2.05) is 0 Å². The third-order valence-electron chi connectivity index (χ3n) is 3.13. The highest BCUT2D eigenvalue weighted by Gasteiger charge is 2.42. The van der Waals surface area contributed by atoms with E-state index in [1.165, 1.54) is 6.07 Å². The molecule has 5 heteroatoms. The van der Waals surface area contributed by atoms with Gasteiger partial charge in [0.05, 0.1) is 10.3 Å². The van der Waals surface area contributed by atoms with Gasteiger partial charge in [-0.3, -0.25) is 4.21 Å². The molecule has 0 heterocycles. The van der Waals surface area contributed by atoms with Gasteiger partial charge >= 0.3 is 5.97 Å². The Hall–Kier alpha value is -1.20. The van der Waals surface area contributed by atoms with Crippen molar-refractivity contribution in [2.75, 3.05) is 0 Å². The van der Waals surface area contributed by atoms with Gasteiger partial charge in [-0.2, -0.15) is 0 Å². The van der Waals surface area contributed by atoms with Crippen LogP contribution in [-0.2, 0) is 15.8 Å². The van der Waals surface area contributed by atoms with Crippen molar-refractivity contribution in [3.8, 4) is 0 Å². The highest BCUT2D eigenvalue weighted by atomic mass is 32.2. The molecule has 1 aromatic rings. The van der Waals surface area contributed by atoms with Crippen molar-refractivity contribution in [3.05, 3.63) is 35.4 Å². The molecule has 86 valence electrons. The summed E-state index contributed by atoms with van der Waals surface area (Å²) < 4.78 is 21.6. The first-order valence-corrected chi connectivity index (χ1v) is 6.07. The smallest absolute Gasteiger partial charge is 0.336 e. The summed E-state index contributed by atoms with van der Waals surface area (Å²) >= 11 is -2.27. The van der Waals surface area contributed by atoms with Crippen LogP contribution in [0.5, 0.6) is 0 Å². The molecule has 1 atom stereocenters. The summed E-state index contributed by atoms with van der Waals surface area (Å²) in [6, 6.07) is 6.32. The van der Waals surface area contributed by atoms with Crippen LogP contribution in [-0.4, -0.2) is 19.8 Å². The molecule has 4 nitrogen and oxygen atoms in total. The van der Waals surface area contributed by atoms with Crippen LogP contribution in [0.25, 0.3) is 0 Å². The minimum absolute atomic E-state index is 0.0893. The summed E-state index contributed by atoms with van der Waals surface area (Å²) in [4.78, 5) is 11.0. The highest BCUT2D eigenvalue weighted by molar-refractivity contribution is 7.80. The van der Waals surface area contributed by atoms with Crippen molar-refractivity contribution in [1.29, 1.82) is 0 Å². The third kappa shape index (κ3) is 1.56. The van der Waals surface area contributed by atoms with E-state index < -0.39 is 21.8 Å². The quantitative estimate of drug-likeness (QED) is 0.813. The fraction of sp³-hybridized carbons (Fsp3) is 0.364. The van der Waals surface area contributed by atoms with E-state index in [0.29, 0.717) is 18.4 Å². The topological polar surface area (TPSA) is 77.4 Å². The van der Waals surface area contributed by atoms with Crippen LogP contribution in [0.15, 0.2) is 24.3 Å². The lowest BCUT2D eigenvalue weighted by Crippen LogP contribution is -2.39. The lowest BCUT2D eigenvalue weighted by molar-refractivity contribution is 0.0693. The fourth-order valence-corrected chi connectivity index (χ4v) is 3.07. The normalized spacial score (nSPS) is 19.8. The standard InChI is InChI=1S/C11H12O4S/c12-10(13)8-4-1-2-5-9(8)11(16(14)15)6-3-7-11/h1-2,4-5H,3,6-7H2,(H,12,13)(H,14,15)/p-1. The number of rotatable bonds is 3. The number of aromatic carboxylic acids is 1. The van der Waals surface area contributed by atoms with Crippen molar-refractivity contribution in [2.24, 2.45) is 0 Å². The van der Waals surface area contributed by atoms with E-state index >= 15 is 0 Å². The maximum atomic E-state index is 11.3. The summed E-state index contributed by atoms with van der Waals surface area (Å²) in [5, 5.41) is 9.03. The first-order valence-electron chi connectivity index (χ1n) is 5.00. The molecule has 2 rings (SSSR count). The summed E-state index contributed by atoms with van der Waals surface area (Å²) in [7, 11) is 0. The zero-order valence-electron chi connectivity index (χ0n) is 8.51. The number of benzene rings is 1. The van der Waals surface area contributed by atoms with Gasteiger partial charge in [0.2, 0.25) is 0 Å². The Morgan fingerprint density at radius 1 is 1.38 bits per heavy atom. The van der Waals surface area contributed by atoms with Gasteiger partial charge in [0.25, 0.3) is 0 Å². The molecule has 1 aromatic carbocycles. The second-order valence-corrected chi connectivity index (χ2v) is 5.18. The van der Waals surface area contributed by atoms with Gasteiger partial charge < -0.3 is 9.66 Å². The molecule has 1 aliphatic rings. The maximum absolute atomic E-state index is 11.3. The van der Waals surface area contributed by atoms with Gasteiger partial charge in [0.15, 0.2) is 0 Å². The van der Waals surface area contributed by atoms with Gasteiger partial charge in [-0.05, 0) is 42.0 Å². The number of carboxylic acid groups (broad SMARTS) is 1. The average molecular weight is 239 g/mol. The summed E-state index contributed by atoms with van der Waals surface area (Å²) in [6.45, 7) is 0. The highest BCUT2D eigenvalue weighted by Crippen LogP contribution is 2.47. The molecule has 0 amide bonds. The SMILES string of the molecule is O=C(O)c1ccccc1C1(S(=O)[O-])CCC1. The van der Waals surface area contributed by atoms with Crippen LogP contribution in [0.3, 0.4) is 0 Å². The van der Waals surface area contributed by atoms with E-state index in [1.54, 1.807) is 18.2 Å². The number of carboxylic acids is 1. The van der Waals surface area contributed by atoms with Crippen molar-refractivity contribution in [1.82, 2.24) is 0 Å². The van der Waals surface area contributed by atoms with Crippen LogP contribution >= 0.6 is 0 Å². The van der Waals surface area contributed by atoms with E-state index in [9.17, 15) is 13.6 Å². The van der Waals surface area contributed by atoms with E-state index in [2.05, 4.69) is 0 Å². The molecule has 1 aliphatic carbocycles. The van der Waals surface area contributed by atoms with Gasteiger partial charge in [-0.25, -0.2) is 4.79 Å². The fourth-order valence-electron chi connectivity index (χ4n) is 2.09. The molecule has 0 radical (unpaired) electrons. The van der Waals surface area contributed by atoms with Gasteiger partial charge in [-0.15, -0.1) is 0 Å². The van der Waals surface area contributed by atoms with Crippen LogP contribution in [0.1, 0.15) is 35.2 Å². The Bertz CT molecular complexity index is 451. The van der Waals surface area contributed by atoms with Gasteiger partial charge in [0, 0.05) is 0 Å². The summed E-state index contributed by atoms with van der Waals surface area (Å²) in [6.07, 6.45) is 1.84. The van der Waals surface area contributed by atoms with Gasteiger partial charge in [0.1, 0.15) is 0 Å². The number of hydrogen-bond donors (Lipinski definition) is 1. The molecule has 1 unspecified atom stereocenters. The Morgan fingerprint density at radius 3 is 2.44 bits per heavy atom. The zero-order chi connectivity index (χ0) is 11.8. The molecule has 0 bridgehead atoms. The molecule has 1 fully saturated rings. The lowest BCUT2D eigenvalue weighted by Gasteiger charge is -2.44. The Labute approximate surface area is 95.6 Å². The van der Waals surface area contributed by atoms with Crippen molar-refractivity contribution >= 4 is 17.0 Å². The first kappa shape index (κ1) is 11.3. The Morgan fingerprint density at radius 2 is 2.00 bits per heavy atom. The van der Waals surface area contributed by atoms with Crippen molar-refractivity contribution in [3.63, 3.8) is 0 Å². The lowest BCUT2D eigenvalue weighted by atomic mass is 9.77. The number of carbonyl (C=O) groups is 1. The number of hydrogen-bond acceptors (Lipinski definition) is 3. The van der Waals surface area contributed by atoms with E-state index in [0.717, 1.165) is 6.42 Å².